The number of hydrogen-bond acceptors (Lipinski definition) is 5. The van der Waals surface area contributed by atoms with Gasteiger partial charge in [-0.25, -0.2) is 10.3 Å². The average molecular weight is 458 g/mol. The van der Waals surface area contributed by atoms with Crippen molar-refractivity contribution in [1.29, 1.82) is 0 Å². The van der Waals surface area contributed by atoms with Crippen molar-refractivity contribution < 1.29 is 29.5 Å². The first-order valence-electron chi connectivity index (χ1n) is 10.8. The SMILES string of the molecule is CC(C)CC(CC(=O)NO)C(=O)N[C@H](C)C(=O)N(c1cccc2ccccc12)[C@@H](C)C(=O)O. The number of hydroxylamine groups is 1. The maximum atomic E-state index is 13.4. The summed E-state index contributed by atoms with van der Waals surface area (Å²) in [5, 5.41) is 22.7. The van der Waals surface area contributed by atoms with E-state index >= 15 is 0 Å². The molecule has 1 unspecified atom stereocenters. The molecular formula is C24H31N3O6. The van der Waals surface area contributed by atoms with E-state index in [9.17, 15) is 24.3 Å². The summed E-state index contributed by atoms with van der Waals surface area (Å²) >= 11 is 0. The number of hydrogen-bond donors (Lipinski definition) is 4. The van der Waals surface area contributed by atoms with Gasteiger partial charge in [0, 0.05) is 17.7 Å². The molecule has 0 radical (unpaired) electrons. The van der Waals surface area contributed by atoms with E-state index in [2.05, 4.69) is 5.32 Å². The molecule has 9 heteroatoms. The zero-order chi connectivity index (χ0) is 24.7. The van der Waals surface area contributed by atoms with Gasteiger partial charge in [-0.05, 0) is 37.6 Å². The number of fused-ring (bicyclic) bond motifs is 1. The van der Waals surface area contributed by atoms with Crippen molar-refractivity contribution in [2.24, 2.45) is 11.8 Å². The zero-order valence-electron chi connectivity index (χ0n) is 19.2. The molecule has 2 rings (SSSR count). The van der Waals surface area contributed by atoms with Crippen molar-refractivity contribution in [2.75, 3.05) is 4.90 Å². The van der Waals surface area contributed by atoms with Crippen molar-refractivity contribution in [1.82, 2.24) is 10.8 Å². The highest BCUT2D eigenvalue weighted by Crippen LogP contribution is 2.29. The van der Waals surface area contributed by atoms with E-state index in [4.69, 9.17) is 5.21 Å². The molecule has 0 aliphatic rings. The van der Waals surface area contributed by atoms with Gasteiger partial charge in [-0.15, -0.1) is 0 Å². The zero-order valence-corrected chi connectivity index (χ0v) is 19.2. The Morgan fingerprint density at radius 2 is 1.61 bits per heavy atom. The Morgan fingerprint density at radius 1 is 0.970 bits per heavy atom. The van der Waals surface area contributed by atoms with Gasteiger partial charge >= 0.3 is 5.97 Å². The Hall–Kier alpha value is -3.46. The van der Waals surface area contributed by atoms with Crippen LogP contribution in [0.25, 0.3) is 10.8 Å². The number of nitrogens with zero attached hydrogens (tertiary/aromatic N) is 1. The van der Waals surface area contributed by atoms with Crippen LogP contribution in [0.2, 0.25) is 0 Å². The van der Waals surface area contributed by atoms with E-state index in [1.54, 1.807) is 24.3 Å². The second-order valence-electron chi connectivity index (χ2n) is 8.52. The summed E-state index contributed by atoms with van der Waals surface area (Å²) in [6.45, 7) is 6.67. The summed E-state index contributed by atoms with van der Waals surface area (Å²) in [6.07, 6.45) is 0.138. The molecule has 0 bridgehead atoms. The number of carboxylic acid groups (broad SMARTS) is 1. The van der Waals surface area contributed by atoms with Gasteiger partial charge in [0.1, 0.15) is 12.1 Å². The molecule has 0 fully saturated rings. The number of anilines is 1. The van der Waals surface area contributed by atoms with Crippen LogP contribution in [0, 0.1) is 11.8 Å². The molecule has 0 aliphatic carbocycles. The molecule has 178 valence electrons. The molecule has 0 aromatic heterocycles. The lowest BCUT2D eigenvalue weighted by Crippen LogP contribution is -2.53. The van der Waals surface area contributed by atoms with Gasteiger partial charge in [-0.1, -0.05) is 50.2 Å². The molecule has 3 atom stereocenters. The molecule has 0 heterocycles. The third-order valence-electron chi connectivity index (χ3n) is 5.42. The fourth-order valence-electron chi connectivity index (χ4n) is 3.77. The van der Waals surface area contributed by atoms with Crippen molar-refractivity contribution in [3.63, 3.8) is 0 Å². The van der Waals surface area contributed by atoms with Gasteiger partial charge < -0.3 is 10.4 Å². The molecule has 0 spiro atoms. The summed E-state index contributed by atoms with van der Waals surface area (Å²) in [7, 11) is 0. The largest absolute Gasteiger partial charge is 0.480 e. The van der Waals surface area contributed by atoms with Crippen molar-refractivity contribution in [2.45, 2.75) is 52.6 Å². The highest BCUT2D eigenvalue weighted by Gasteiger charge is 2.33. The van der Waals surface area contributed by atoms with Gasteiger partial charge in [-0.2, -0.15) is 0 Å². The first-order chi connectivity index (χ1) is 15.6. The number of aliphatic carboxylic acids is 1. The third kappa shape index (κ3) is 6.52. The summed E-state index contributed by atoms with van der Waals surface area (Å²) in [5.41, 5.74) is 1.95. The lowest BCUT2D eigenvalue weighted by atomic mass is 9.92. The lowest BCUT2D eigenvalue weighted by molar-refractivity contribution is -0.140. The van der Waals surface area contributed by atoms with Gasteiger partial charge in [0.05, 0.1) is 5.69 Å². The van der Waals surface area contributed by atoms with Crippen LogP contribution in [0.4, 0.5) is 5.69 Å². The van der Waals surface area contributed by atoms with Crippen LogP contribution in [-0.4, -0.2) is 46.1 Å². The predicted molar refractivity (Wildman–Crippen MR) is 124 cm³/mol. The summed E-state index contributed by atoms with van der Waals surface area (Å²) in [4.78, 5) is 50.9. The number of carbonyl (C=O) groups is 4. The minimum absolute atomic E-state index is 0.0949. The van der Waals surface area contributed by atoms with Crippen LogP contribution in [0.15, 0.2) is 42.5 Å². The van der Waals surface area contributed by atoms with Gasteiger partial charge in [0.15, 0.2) is 0 Å². The summed E-state index contributed by atoms with van der Waals surface area (Å²) < 4.78 is 0. The third-order valence-corrected chi connectivity index (χ3v) is 5.42. The Bertz CT molecular complexity index is 1020. The maximum absolute atomic E-state index is 13.4. The number of amides is 3. The Balaban J connectivity index is 2.35. The smallest absolute Gasteiger partial charge is 0.326 e. The molecule has 9 nitrogen and oxygen atoms in total. The van der Waals surface area contributed by atoms with Crippen LogP contribution >= 0.6 is 0 Å². The number of rotatable bonds is 10. The molecule has 33 heavy (non-hydrogen) atoms. The van der Waals surface area contributed by atoms with Crippen LogP contribution < -0.4 is 15.7 Å². The molecule has 0 aliphatic heterocycles. The fourth-order valence-corrected chi connectivity index (χ4v) is 3.77. The molecular weight excluding hydrogens is 426 g/mol. The quantitative estimate of drug-likeness (QED) is 0.320. The highest BCUT2D eigenvalue weighted by molar-refractivity contribution is 6.09. The minimum Gasteiger partial charge on any atom is -0.480 e. The molecule has 3 amide bonds. The topological polar surface area (TPSA) is 136 Å². The number of benzene rings is 2. The lowest BCUT2D eigenvalue weighted by Gasteiger charge is -2.31. The van der Waals surface area contributed by atoms with E-state index in [0.717, 1.165) is 5.39 Å². The molecule has 0 saturated heterocycles. The monoisotopic (exact) mass is 457 g/mol. The summed E-state index contributed by atoms with van der Waals surface area (Å²) in [5.74, 6) is -3.66. The van der Waals surface area contributed by atoms with E-state index in [1.165, 1.54) is 24.2 Å². The van der Waals surface area contributed by atoms with Crippen LogP contribution in [0.1, 0.15) is 40.5 Å². The van der Waals surface area contributed by atoms with Gasteiger partial charge in [0.2, 0.25) is 17.7 Å². The highest BCUT2D eigenvalue weighted by atomic mass is 16.5. The molecule has 0 saturated carbocycles. The van der Waals surface area contributed by atoms with Crippen molar-refractivity contribution >= 4 is 40.2 Å². The van der Waals surface area contributed by atoms with E-state index < -0.39 is 41.7 Å². The van der Waals surface area contributed by atoms with Crippen molar-refractivity contribution in [3.05, 3.63) is 42.5 Å². The van der Waals surface area contributed by atoms with Crippen LogP contribution in [0.5, 0.6) is 0 Å². The van der Waals surface area contributed by atoms with Crippen molar-refractivity contribution in [3.8, 4) is 0 Å². The van der Waals surface area contributed by atoms with Gasteiger partial charge in [0.25, 0.3) is 0 Å². The standard InChI is InChI=1S/C24H31N3O6/c1-14(2)12-18(13-21(28)26-33)22(29)25-15(3)23(30)27(16(4)24(31)32)20-11-7-9-17-8-5-6-10-19(17)20/h5-11,14-16,18,33H,12-13H2,1-4H3,(H,25,29)(H,26,28)(H,31,32)/t15-,16+,18?/m1/s1. The minimum atomic E-state index is -1.19. The molecule has 4 N–H and O–H groups in total. The Morgan fingerprint density at radius 3 is 2.21 bits per heavy atom. The predicted octanol–water partition coefficient (Wildman–Crippen LogP) is 2.71. The van der Waals surface area contributed by atoms with E-state index in [0.29, 0.717) is 17.5 Å². The molecule has 2 aromatic carbocycles. The Kier molecular flexibility index (Phi) is 8.93. The van der Waals surface area contributed by atoms with E-state index in [-0.39, 0.29) is 12.3 Å². The average Bonchev–Trinajstić information content (AvgIpc) is 2.78. The first-order valence-corrected chi connectivity index (χ1v) is 10.8. The number of carboxylic acids is 1. The van der Waals surface area contributed by atoms with Crippen LogP contribution in [0.3, 0.4) is 0 Å². The first kappa shape index (κ1) is 25.8. The fraction of sp³-hybridized carbons (Fsp3) is 0.417. The number of carbonyl (C=O) groups excluding carboxylic acids is 3. The number of nitrogens with one attached hydrogen (secondary N) is 2. The van der Waals surface area contributed by atoms with Crippen LogP contribution in [-0.2, 0) is 19.2 Å². The van der Waals surface area contributed by atoms with Gasteiger partial charge in [-0.3, -0.25) is 24.5 Å². The maximum Gasteiger partial charge on any atom is 0.326 e. The Labute approximate surface area is 192 Å². The summed E-state index contributed by atoms with van der Waals surface area (Å²) in [6, 6.07) is 10.3. The molecule has 2 aromatic rings. The van der Waals surface area contributed by atoms with E-state index in [1.807, 2.05) is 32.0 Å². The second-order valence-corrected chi connectivity index (χ2v) is 8.52. The normalized spacial score (nSPS) is 13.8. The second kappa shape index (κ2) is 11.4.